The summed E-state index contributed by atoms with van der Waals surface area (Å²) >= 11 is 0. The number of hydrogen-bond donors (Lipinski definition) is 1. The first kappa shape index (κ1) is 45.2. The average Bonchev–Trinajstić information content (AvgIpc) is 3.18. The molecule has 0 atom stereocenters. The van der Waals surface area contributed by atoms with Crippen LogP contribution in [0.3, 0.4) is 0 Å². The molecule has 9 nitrogen and oxygen atoms in total. The van der Waals surface area contributed by atoms with Gasteiger partial charge < -0.3 is 9.80 Å². The molecule has 5 aromatic carbocycles. The second-order valence-electron chi connectivity index (χ2n) is 13.5. The molecule has 0 aromatic heterocycles. The van der Waals surface area contributed by atoms with Crippen LogP contribution in [0.5, 0.6) is 0 Å². The summed E-state index contributed by atoms with van der Waals surface area (Å²) in [6.45, 7) is 4.43. The van der Waals surface area contributed by atoms with E-state index in [2.05, 4.69) is 0 Å². The highest BCUT2D eigenvalue weighted by atomic mass is 32.2. The first-order valence-corrected chi connectivity index (χ1v) is 22.7. The molecule has 0 unspecified atom stereocenters. The van der Waals surface area contributed by atoms with Crippen LogP contribution in [0, 0.1) is 0 Å². The quantitative estimate of drug-likeness (QED) is 0.0585. The van der Waals surface area contributed by atoms with Crippen LogP contribution in [0.15, 0.2) is 136 Å². The van der Waals surface area contributed by atoms with Crippen molar-refractivity contribution in [1.29, 1.82) is 0 Å². The van der Waals surface area contributed by atoms with E-state index in [1.165, 1.54) is 42.5 Å². The maximum atomic E-state index is 13.4. The molecule has 0 aliphatic carbocycles. The lowest BCUT2D eigenvalue weighted by molar-refractivity contribution is -0.0442. The summed E-state index contributed by atoms with van der Waals surface area (Å²) in [5.74, 6) is -0.857. The number of alkyl halides is 6. The van der Waals surface area contributed by atoms with Crippen LogP contribution < -0.4 is 9.80 Å². The molecule has 5 rings (SSSR count). The summed E-state index contributed by atoms with van der Waals surface area (Å²) in [6, 6.07) is 28.1. The Morgan fingerprint density at radius 3 is 1.27 bits per heavy atom. The van der Waals surface area contributed by atoms with Crippen molar-refractivity contribution in [3.63, 3.8) is 0 Å². The van der Waals surface area contributed by atoms with Crippen LogP contribution in [-0.4, -0.2) is 53.9 Å². The van der Waals surface area contributed by atoms with Crippen molar-refractivity contribution in [2.45, 2.75) is 71.2 Å². The Labute approximate surface area is 339 Å². The summed E-state index contributed by atoms with van der Waals surface area (Å²) in [6.07, 6.45) is 2.58. The fraction of sp³-hybridized carbons (Fsp3) is 0.268. The Morgan fingerprint density at radius 2 is 0.915 bits per heavy atom. The van der Waals surface area contributed by atoms with Gasteiger partial charge in [0.2, 0.25) is 0 Å². The molecule has 18 heteroatoms. The highest BCUT2D eigenvalue weighted by Crippen LogP contribution is 2.40. The lowest BCUT2D eigenvalue weighted by atomic mass is 9.85. The molecule has 5 aromatic rings. The Balaban J connectivity index is 1.60. The fourth-order valence-corrected chi connectivity index (χ4v) is 8.89. The zero-order valence-electron chi connectivity index (χ0n) is 31.7. The largest absolute Gasteiger partial charge is 0.501 e. The Morgan fingerprint density at radius 1 is 0.525 bits per heavy atom. The third kappa shape index (κ3) is 9.94. The number of benzene rings is 5. The Hall–Kier alpha value is -4.91. The van der Waals surface area contributed by atoms with Crippen LogP contribution in [0.4, 0.5) is 49.1 Å². The summed E-state index contributed by atoms with van der Waals surface area (Å²) < 4.78 is 165. The highest BCUT2D eigenvalue weighted by Gasteiger charge is 2.48. The molecular weight excluding hydrogens is 843 g/mol. The number of unbranched alkanes of at least 4 members (excludes halogenated alkanes) is 2. The molecule has 0 heterocycles. The molecule has 1 N–H and O–H groups in total. The van der Waals surface area contributed by atoms with Gasteiger partial charge in [-0.25, -0.2) is 16.8 Å². The molecule has 59 heavy (non-hydrogen) atoms. The minimum atomic E-state index is -5.64. The van der Waals surface area contributed by atoms with Crippen LogP contribution >= 0.6 is 0 Å². The molecule has 0 bridgehead atoms. The van der Waals surface area contributed by atoms with E-state index in [0.717, 1.165) is 24.3 Å². The summed E-state index contributed by atoms with van der Waals surface area (Å²) in [5.41, 5.74) is -8.43. The van der Waals surface area contributed by atoms with Gasteiger partial charge in [-0.15, -0.1) is 0 Å². The summed E-state index contributed by atoms with van der Waals surface area (Å²) in [7, 11) is -16.0. The van der Waals surface area contributed by atoms with Crippen molar-refractivity contribution in [2.75, 3.05) is 22.9 Å². The van der Waals surface area contributed by atoms with Gasteiger partial charge in [-0.3, -0.25) is 4.55 Å². The number of anilines is 4. The van der Waals surface area contributed by atoms with Gasteiger partial charge in [0.1, 0.15) is 0 Å². The first-order valence-electron chi connectivity index (χ1n) is 18.3. The van der Waals surface area contributed by atoms with Crippen LogP contribution in [0.25, 0.3) is 0 Å². The molecule has 0 fully saturated rings. The van der Waals surface area contributed by atoms with Crippen molar-refractivity contribution < 1.29 is 56.1 Å². The van der Waals surface area contributed by atoms with Crippen molar-refractivity contribution in [2.24, 2.45) is 0 Å². The van der Waals surface area contributed by atoms with Gasteiger partial charge in [-0.2, -0.15) is 34.8 Å². The van der Waals surface area contributed by atoms with E-state index in [0.29, 0.717) is 61.3 Å². The van der Waals surface area contributed by atoms with Crippen molar-refractivity contribution in [3.8, 4) is 0 Å². The first-order chi connectivity index (χ1) is 27.6. The fourth-order valence-electron chi connectivity index (χ4n) is 6.55. The number of nitrogens with zero attached hydrogens (tertiary/aromatic N) is 2. The van der Waals surface area contributed by atoms with Crippen LogP contribution in [0.2, 0.25) is 0 Å². The molecule has 0 amide bonds. The normalized spacial score (nSPS) is 12.8. The molecule has 0 saturated carbocycles. The smallest absolute Gasteiger partial charge is 0.341 e. The topological polar surface area (TPSA) is 129 Å². The van der Waals surface area contributed by atoms with Gasteiger partial charge in [0.15, 0.2) is 0 Å². The number of hydrogen-bond acceptors (Lipinski definition) is 8. The maximum absolute atomic E-state index is 13.4. The van der Waals surface area contributed by atoms with Crippen LogP contribution in [-0.2, 0) is 29.8 Å². The second kappa shape index (κ2) is 17.7. The predicted octanol–water partition coefficient (Wildman–Crippen LogP) is 10.6. The van der Waals surface area contributed by atoms with Crippen molar-refractivity contribution in [3.05, 3.63) is 138 Å². The van der Waals surface area contributed by atoms with Crippen molar-refractivity contribution >= 4 is 52.5 Å². The van der Waals surface area contributed by atoms with Crippen molar-refractivity contribution in [1.82, 2.24) is 0 Å². The zero-order chi connectivity index (χ0) is 43.4. The number of sulfone groups is 2. The van der Waals surface area contributed by atoms with Gasteiger partial charge in [0, 0.05) is 41.8 Å². The third-order valence-electron chi connectivity index (χ3n) is 9.54. The van der Waals surface area contributed by atoms with Gasteiger partial charge >= 0.3 is 11.0 Å². The van der Waals surface area contributed by atoms with E-state index in [1.807, 2.05) is 13.8 Å². The lowest BCUT2D eigenvalue weighted by Crippen LogP contribution is -2.24. The second-order valence-corrected chi connectivity index (χ2v) is 18.8. The molecule has 0 spiro atoms. The predicted molar refractivity (Wildman–Crippen MR) is 213 cm³/mol. The Kier molecular flexibility index (Phi) is 13.6. The van der Waals surface area contributed by atoms with E-state index in [-0.39, 0.29) is 21.8 Å². The van der Waals surface area contributed by atoms with E-state index in [1.54, 1.807) is 64.4 Å². The van der Waals surface area contributed by atoms with E-state index >= 15 is 0 Å². The molecule has 316 valence electrons. The van der Waals surface area contributed by atoms with Gasteiger partial charge in [0.25, 0.3) is 29.8 Å². The van der Waals surface area contributed by atoms with Gasteiger partial charge in [0.05, 0.1) is 14.7 Å². The number of halogens is 6. The molecule has 0 aliphatic heterocycles. The standard InChI is InChI=1S/C41H40F6N2O7S3/c1-3-5-25-48(33-11-9-13-35(27-33)57(50,51)40(42,43)44)31-21-17-29(18-22-31)39(37-15-7-8-16-38(37)59(54,55)56)30-19-23-32(24-20-30)49(26-6-4-2)34-12-10-14-36(28-34)58(52,53)41(45,46)47/h7-24,27-28,39H,3-6,25-26H2,1-2H3,(H,54,55,56). The highest BCUT2D eigenvalue weighted by molar-refractivity contribution is 7.92. The van der Waals surface area contributed by atoms with Gasteiger partial charge in [-0.1, -0.05) is 81.3 Å². The average molecular weight is 883 g/mol. The van der Waals surface area contributed by atoms with E-state index < -0.39 is 56.5 Å². The summed E-state index contributed by atoms with van der Waals surface area (Å²) in [4.78, 5) is 1.12. The van der Waals surface area contributed by atoms with Crippen LogP contribution in [0.1, 0.15) is 62.1 Å². The molecule has 0 aliphatic rings. The minimum absolute atomic E-state index is 0.189. The molecular formula is C41H40F6N2O7S3. The Bertz CT molecular complexity index is 2440. The SMILES string of the molecule is CCCCN(c1ccc(C(c2ccc(N(CCCC)c3cccc(S(=O)(=O)C(F)(F)F)c3)cc2)c2ccccc2S(=O)(=O)O)cc1)c1cccc(S(=O)(=O)C(F)(F)F)c1. The van der Waals surface area contributed by atoms with Gasteiger partial charge in [-0.05, 0) is 96.3 Å². The minimum Gasteiger partial charge on any atom is -0.341 e. The maximum Gasteiger partial charge on any atom is 0.501 e. The summed E-state index contributed by atoms with van der Waals surface area (Å²) in [5, 5.41) is 0. The van der Waals surface area contributed by atoms with E-state index in [4.69, 9.17) is 0 Å². The molecule has 0 radical (unpaired) electrons. The van der Waals surface area contributed by atoms with E-state index in [9.17, 15) is 56.1 Å². The zero-order valence-corrected chi connectivity index (χ0v) is 34.1. The lowest BCUT2D eigenvalue weighted by Gasteiger charge is -2.28. The monoisotopic (exact) mass is 882 g/mol. The number of rotatable bonds is 16. The molecule has 0 saturated heterocycles. The third-order valence-corrected chi connectivity index (χ3v) is 13.4.